The van der Waals surface area contributed by atoms with Gasteiger partial charge in [-0.3, -0.25) is 4.79 Å². The minimum absolute atomic E-state index is 0.148. The molecule has 0 aliphatic carbocycles. The molecule has 0 aromatic rings. The maximum absolute atomic E-state index is 12.0. The first kappa shape index (κ1) is 14.4. The molecule has 1 rings (SSSR count). The zero-order valence-corrected chi connectivity index (χ0v) is 11.1. The quantitative estimate of drug-likeness (QED) is 0.618. The summed E-state index contributed by atoms with van der Waals surface area (Å²) in [5.74, 6) is 0.148. The van der Waals surface area contributed by atoms with Crippen molar-refractivity contribution in [1.82, 2.24) is 15.1 Å². The number of hydrogen-bond acceptors (Lipinski definition) is 4. The lowest BCUT2D eigenvalue weighted by atomic mass is 10.2. The number of likely N-dealkylation sites (N-methyl/N-ethyl adjacent to an activating group) is 1. The number of amides is 1. The van der Waals surface area contributed by atoms with Crippen LogP contribution in [0.2, 0.25) is 0 Å². The summed E-state index contributed by atoms with van der Waals surface area (Å²) in [6, 6.07) is 0.161. The van der Waals surface area contributed by atoms with Gasteiger partial charge in [0.25, 0.3) is 0 Å². The van der Waals surface area contributed by atoms with E-state index in [0.29, 0.717) is 19.4 Å². The molecule has 5 heteroatoms. The number of β-amino-alcohol motifs (C(OH)–C–C–N with tert-alkyl or cyclic N) is 1. The minimum atomic E-state index is -0.358. The molecule has 0 aromatic carbocycles. The lowest BCUT2D eigenvalue weighted by Crippen LogP contribution is -2.42. The molecular formula is C12H25N3O2. The highest BCUT2D eigenvalue weighted by atomic mass is 16.3. The van der Waals surface area contributed by atoms with Gasteiger partial charge in [-0.2, -0.15) is 0 Å². The van der Waals surface area contributed by atoms with Crippen molar-refractivity contribution >= 4 is 5.91 Å². The number of carbonyl (C=O) groups excluding carboxylic acids is 1. The Labute approximate surface area is 104 Å². The topological polar surface area (TPSA) is 55.8 Å². The molecule has 2 N–H and O–H groups in total. The smallest absolute Gasteiger partial charge is 0.224 e. The number of rotatable bonds is 6. The average Bonchev–Trinajstić information content (AvgIpc) is 2.58. The van der Waals surface area contributed by atoms with Crippen molar-refractivity contribution in [1.29, 1.82) is 0 Å². The van der Waals surface area contributed by atoms with Crippen LogP contribution in [0.25, 0.3) is 0 Å². The van der Waals surface area contributed by atoms with E-state index in [9.17, 15) is 9.90 Å². The van der Waals surface area contributed by atoms with Crippen LogP contribution in [0.1, 0.15) is 19.8 Å². The van der Waals surface area contributed by atoms with Crippen molar-refractivity contribution < 1.29 is 9.90 Å². The molecule has 0 radical (unpaired) electrons. The van der Waals surface area contributed by atoms with Gasteiger partial charge in [0.1, 0.15) is 0 Å². The summed E-state index contributed by atoms with van der Waals surface area (Å²) in [7, 11) is 3.98. The normalized spacial score (nSPS) is 24.6. The highest BCUT2D eigenvalue weighted by molar-refractivity contribution is 5.77. The summed E-state index contributed by atoms with van der Waals surface area (Å²) in [6.07, 6.45) is 0.860. The molecule has 1 aliphatic rings. The van der Waals surface area contributed by atoms with E-state index in [0.717, 1.165) is 19.6 Å². The molecule has 5 nitrogen and oxygen atoms in total. The summed E-state index contributed by atoms with van der Waals surface area (Å²) >= 11 is 0. The predicted octanol–water partition coefficient (Wildman–Crippen LogP) is -0.491. The third kappa shape index (κ3) is 4.61. The van der Waals surface area contributed by atoms with E-state index in [2.05, 4.69) is 10.2 Å². The highest BCUT2D eigenvalue weighted by Gasteiger charge is 2.33. The third-order valence-electron chi connectivity index (χ3n) is 3.05. The molecule has 0 spiro atoms. The van der Waals surface area contributed by atoms with E-state index in [1.807, 2.05) is 25.9 Å². The molecular weight excluding hydrogens is 218 g/mol. The van der Waals surface area contributed by atoms with Gasteiger partial charge in [0.15, 0.2) is 0 Å². The molecule has 1 saturated heterocycles. The number of aliphatic hydroxyl groups excluding tert-OH is 1. The molecule has 2 atom stereocenters. The van der Waals surface area contributed by atoms with Gasteiger partial charge in [0.2, 0.25) is 5.91 Å². The molecule has 1 fully saturated rings. The Balaban J connectivity index is 2.45. The lowest BCUT2D eigenvalue weighted by Gasteiger charge is -2.26. The maximum Gasteiger partial charge on any atom is 0.224 e. The standard InChI is InChI=1S/C12H25N3O2/c1-4-13-6-5-12(17)15-9-11(16)7-10(15)8-14(2)3/h10-11,13,16H,4-9H2,1-3H3. The number of carbonyl (C=O) groups is 1. The van der Waals surface area contributed by atoms with Crippen molar-refractivity contribution in [3.05, 3.63) is 0 Å². The van der Waals surface area contributed by atoms with Gasteiger partial charge in [0.05, 0.1) is 6.10 Å². The molecule has 100 valence electrons. The van der Waals surface area contributed by atoms with Crippen LogP contribution in [0, 0.1) is 0 Å². The molecule has 1 amide bonds. The van der Waals surface area contributed by atoms with Crippen LogP contribution >= 0.6 is 0 Å². The van der Waals surface area contributed by atoms with Crippen molar-refractivity contribution in [2.45, 2.75) is 31.9 Å². The van der Waals surface area contributed by atoms with Gasteiger partial charge < -0.3 is 20.2 Å². The molecule has 0 aromatic heterocycles. The fraction of sp³-hybridized carbons (Fsp3) is 0.917. The van der Waals surface area contributed by atoms with Crippen molar-refractivity contribution in [2.24, 2.45) is 0 Å². The zero-order chi connectivity index (χ0) is 12.8. The number of nitrogens with one attached hydrogen (secondary N) is 1. The lowest BCUT2D eigenvalue weighted by molar-refractivity contribution is -0.132. The van der Waals surface area contributed by atoms with E-state index < -0.39 is 0 Å². The van der Waals surface area contributed by atoms with Crippen LogP contribution in [0.4, 0.5) is 0 Å². The molecule has 1 heterocycles. The Morgan fingerprint density at radius 3 is 2.82 bits per heavy atom. The summed E-state index contributed by atoms with van der Waals surface area (Å²) in [5, 5.41) is 12.8. The second kappa shape index (κ2) is 6.93. The Bertz CT molecular complexity index is 246. The summed E-state index contributed by atoms with van der Waals surface area (Å²) in [4.78, 5) is 15.9. The maximum atomic E-state index is 12.0. The van der Waals surface area contributed by atoms with E-state index >= 15 is 0 Å². The fourth-order valence-corrected chi connectivity index (χ4v) is 2.31. The van der Waals surface area contributed by atoms with E-state index in [-0.39, 0.29) is 18.1 Å². The average molecular weight is 243 g/mol. The molecule has 0 bridgehead atoms. The Morgan fingerprint density at radius 2 is 2.24 bits per heavy atom. The number of aliphatic hydroxyl groups is 1. The van der Waals surface area contributed by atoms with Crippen LogP contribution < -0.4 is 5.32 Å². The third-order valence-corrected chi connectivity index (χ3v) is 3.05. The summed E-state index contributed by atoms with van der Waals surface area (Å²) < 4.78 is 0. The summed E-state index contributed by atoms with van der Waals surface area (Å²) in [6.45, 7) is 4.94. The first-order valence-corrected chi connectivity index (χ1v) is 6.37. The van der Waals surface area contributed by atoms with Gasteiger partial charge in [-0.1, -0.05) is 6.92 Å². The Hall–Kier alpha value is -0.650. The van der Waals surface area contributed by atoms with Crippen molar-refractivity contribution in [3.63, 3.8) is 0 Å². The van der Waals surface area contributed by atoms with E-state index in [1.165, 1.54) is 0 Å². The minimum Gasteiger partial charge on any atom is -0.391 e. The second-order valence-corrected chi connectivity index (χ2v) is 4.96. The Morgan fingerprint density at radius 1 is 1.53 bits per heavy atom. The SMILES string of the molecule is CCNCCC(=O)N1CC(O)CC1CN(C)C. The van der Waals surface area contributed by atoms with Gasteiger partial charge in [0, 0.05) is 32.1 Å². The molecule has 17 heavy (non-hydrogen) atoms. The first-order valence-electron chi connectivity index (χ1n) is 6.37. The number of likely N-dealkylation sites (tertiary alicyclic amines) is 1. The zero-order valence-electron chi connectivity index (χ0n) is 11.1. The summed E-state index contributed by atoms with van der Waals surface area (Å²) in [5.41, 5.74) is 0. The van der Waals surface area contributed by atoms with Gasteiger partial charge >= 0.3 is 0 Å². The molecule has 2 unspecified atom stereocenters. The van der Waals surface area contributed by atoms with Crippen LogP contribution in [-0.4, -0.2) is 73.2 Å². The van der Waals surface area contributed by atoms with Gasteiger partial charge in [-0.15, -0.1) is 0 Å². The van der Waals surface area contributed by atoms with E-state index in [4.69, 9.17) is 0 Å². The number of hydrogen-bond donors (Lipinski definition) is 2. The second-order valence-electron chi connectivity index (χ2n) is 4.96. The van der Waals surface area contributed by atoms with Crippen molar-refractivity contribution in [2.75, 3.05) is 40.3 Å². The predicted molar refractivity (Wildman–Crippen MR) is 67.8 cm³/mol. The Kier molecular flexibility index (Phi) is 5.88. The van der Waals surface area contributed by atoms with Crippen LogP contribution in [0.15, 0.2) is 0 Å². The largest absolute Gasteiger partial charge is 0.391 e. The highest BCUT2D eigenvalue weighted by Crippen LogP contribution is 2.19. The van der Waals surface area contributed by atoms with Crippen LogP contribution in [0.5, 0.6) is 0 Å². The van der Waals surface area contributed by atoms with Crippen LogP contribution in [-0.2, 0) is 4.79 Å². The molecule has 0 saturated carbocycles. The first-order chi connectivity index (χ1) is 8.04. The van der Waals surface area contributed by atoms with Gasteiger partial charge in [-0.05, 0) is 27.1 Å². The van der Waals surface area contributed by atoms with Crippen LogP contribution in [0.3, 0.4) is 0 Å². The van der Waals surface area contributed by atoms with E-state index in [1.54, 1.807) is 0 Å². The molecule has 1 aliphatic heterocycles. The number of nitrogens with zero attached hydrogens (tertiary/aromatic N) is 2. The monoisotopic (exact) mass is 243 g/mol. The van der Waals surface area contributed by atoms with Gasteiger partial charge in [-0.25, -0.2) is 0 Å². The van der Waals surface area contributed by atoms with Crippen molar-refractivity contribution in [3.8, 4) is 0 Å². The fourth-order valence-electron chi connectivity index (χ4n) is 2.31.